The lowest BCUT2D eigenvalue weighted by atomic mass is 10.0. The first-order chi connectivity index (χ1) is 8.17. The molecule has 4 nitrogen and oxygen atoms in total. The average Bonchev–Trinajstić information content (AvgIpc) is 2.74. The van der Waals surface area contributed by atoms with E-state index in [2.05, 4.69) is 48.0 Å². The highest BCUT2D eigenvalue weighted by atomic mass is 32.2. The van der Waals surface area contributed by atoms with Crippen LogP contribution in [0.15, 0.2) is 5.16 Å². The quantitative estimate of drug-likeness (QED) is 0.897. The third-order valence-electron chi connectivity index (χ3n) is 3.50. The number of fused-ring (bicyclic) bond motifs is 1. The Kier molecular flexibility index (Phi) is 3.97. The molecule has 0 saturated carbocycles. The van der Waals surface area contributed by atoms with Gasteiger partial charge < -0.3 is 5.43 Å². The van der Waals surface area contributed by atoms with Crippen molar-refractivity contribution in [2.75, 3.05) is 11.2 Å². The van der Waals surface area contributed by atoms with Gasteiger partial charge in [0.15, 0.2) is 5.82 Å². The van der Waals surface area contributed by atoms with Crippen LogP contribution in [0.5, 0.6) is 0 Å². The van der Waals surface area contributed by atoms with E-state index in [1.165, 1.54) is 0 Å². The van der Waals surface area contributed by atoms with Gasteiger partial charge in [0.05, 0.1) is 6.04 Å². The van der Waals surface area contributed by atoms with Crippen LogP contribution in [-0.2, 0) is 0 Å². The summed E-state index contributed by atoms with van der Waals surface area (Å²) in [4.78, 5) is 0. The van der Waals surface area contributed by atoms with Crippen molar-refractivity contribution in [1.29, 1.82) is 0 Å². The highest BCUT2D eigenvalue weighted by Crippen LogP contribution is 2.29. The van der Waals surface area contributed by atoms with E-state index >= 15 is 0 Å². The molecule has 1 aromatic heterocycles. The van der Waals surface area contributed by atoms with Gasteiger partial charge in [-0.2, -0.15) is 0 Å². The van der Waals surface area contributed by atoms with Gasteiger partial charge in [-0.05, 0) is 18.8 Å². The maximum absolute atomic E-state index is 4.36. The highest BCUT2D eigenvalue weighted by molar-refractivity contribution is 7.99. The smallest absolute Gasteiger partial charge is 0.210 e. The molecule has 0 fully saturated rings. The summed E-state index contributed by atoms with van der Waals surface area (Å²) in [5.74, 6) is 3.32. The lowest BCUT2D eigenvalue weighted by Gasteiger charge is -2.29. The van der Waals surface area contributed by atoms with Crippen molar-refractivity contribution in [3.63, 3.8) is 0 Å². The molecule has 0 bridgehead atoms. The Bertz CT molecular complexity index is 371. The van der Waals surface area contributed by atoms with Crippen LogP contribution in [0.2, 0.25) is 0 Å². The Hall–Kier alpha value is -0.710. The zero-order valence-electron chi connectivity index (χ0n) is 11.1. The molecule has 0 amide bonds. The second-order valence-corrected chi connectivity index (χ2v) is 5.97. The first-order valence-electron chi connectivity index (χ1n) is 6.52. The predicted molar refractivity (Wildman–Crippen MR) is 72.1 cm³/mol. The first-order valence-corrected chi connectivity index (χ1v) is 7.50. The summed E-state index contributed by atoms with van der Waals surface area (Å²) in [6.45, 7) is 8.94. The molecule has 0 radical (unpaired) electrons. The zero-order valence-corrected chi connectivity index (χ0v) is 11.9. The second-order valence-electron chi connectivity index (χ2n) is 4.98. The Labute approximate surface area is 108 Å². The number of hydrogen-bond acceptors (Lipinski definition) is 4. The van der Waals surface area contributed by atoms with E-state index < -0.39 is 0 Å². The molecule has 1 aliphatic rings. The van der Waals surface area contributed by atoms with Crippen molar-refractivity contribution in [3.05, 3.63) is 5.82 Å². The SMILES string of the molecule is CCC(CC)c1nnc2n1NC(C(C)C)CS2. The van der Waals surface area contributed by atoms with Gasteiger partial charge in [-0.1, -0.05) is 39.5 Å². The lowest BCUT2D eigenvalue weighted by molar-refractivity contribution is 0.479. The molecule has 0 aliphatic carbocycles. The largest absolute Gasteiger partial charge is 0.318 e. The fourth-order valence-corrected chi connectivity index (χ4v) is 3.29. The maximum Gasteiger partial charge on any atom is 0.210 e. The van der Waals surface area contributed by atoms with Crippen molar-refractivity contribution in [1.82, 2.24) is 14.9 Å². The van der Waals surface area contributed by atoms with Crippen LogP contribution in [0.3, 0.4) is 0 Å². The molecule has 0 spiro atoms. The molecular formula is C12H22N4S. The van der Waals surface area contributed by atoms with Gasteiger partial charge in [-0.3, -0.25) is 0 Å². The van der Waals surface area contributed by atoms with Gasteiger partial charge in [0.1, 0.15) is 0 Å². The molecule has 1 unspecified atom stereocenters. The van der Waals surface area contributed by atoms with Crippen molar-refractivity contribution in [3.8, 4) is 0 Å². The van der Waals surface area contributed by atoms with Gasteiger partial charge in [0, 0.05) is 11.7 Å². The number of nitrogens with one attached hydrogen (secondary N) is 1. The zero-order chi connectivity index (χ0) is 12.4. The minimum absolute atomic E-state index is 0.510. The standard InChI is InChI=1S/C12H22N4S/c1-5-9(6-2)11-13-14-12-16(11)15-10(7-17-12)8(3)4/h8-10,15H,5-7H2,1-4H3. The fraction of sp³-hybridized carbons (Fsp3) is 0.833. The summed E-state index contributed by atoms with van der Waals surface area (Å²) in [6, 6.07) is 0.511. The molecule has 2 rings (SSSR count). The number of aromatic nitrogens is 3. The Morgan fingerprint density at radius 2 is 2.06 bits per heavy atom. The van der Waals surface area contributed by atoms with E-state index in [4.69, 9.17) is 0 Å². The number of nitrogens with zero attached hydrogens (tertiary/aromatic N) is 3. The molecule has 1 atom stereocenters. The summed E-state index contributed by atoms with van der Waals surface area (Å²) in [5, 5.41) is 9.66. The molecule has 1 N–H and O–H groups in total. The molecule has 96 valence electrons. The van der Waals surface area contributed by atoms with Crippen molar-refractivity contribution >= 4 is 11.8 Å². The fourth-order valence-electron chi connectivity index (χ4n) is 2.12. The third-order valence-corrected chi connectivity index (χ3v) is 4.55. The average molecular weight is 254 g/mol. The molecule has 17 heavy (non-hydrogen) atoms. The Morgan fingerprint density at radius 3 is 2.65 bits per heavy atom. The molecule has 0 saturated heterocycles. The minimum atomic E-state index is 0.510. The van der Waals surface area contributed by atoms with E-state index in [1.54, 1.807) is 0 Å². The normalized spacial score (nSPS) is 19.5. The summed E-state index contributed by atoms with van der Waals surface area (Å²) in [7, 11) is 0. The molecule has 1 aliphatic heterocycles. The van der Waals surface area contributed by atoms with E-state index in [0.717, 1.165) is 29.6 Å². The van der Waals surface area contributed by atoms with Gasteiger partial charge in [0.2, 0.25) is 5.16 Å². The minimum Gasteiger partial charge on any atom is -0.318 e. The summed E-state index contributed by atoms with van der Waals surface area (Å²) in [6.07, 6.45) is 2.24. The third kappa shape index (κ3) is 2.44. The summed E-state index contributed by atoms with van der Waals surface area (Å²) in [5.41, 5.74) is 3.56. The topological polar surface area (TPSA) is 42.7 Å². The number of rotatable bonds is 4. The van der Waals surface area contributed by atoms with E-state index in [1.807, 2.05) is 11.8 Å². The molecular weight excluding hydrogens is 232 g/mol. The number of hydrogen-bond donors (Lipinski definition) is 1. The van der Waals surface area contributed by atoms with Gasteiger partial charge in [-0.25, -0.2) is 4.68 Å². The van der Waals surface area contributed by atoms with E-state index in [9.17, 15) is 0 Å². The Morgan fingerprint density at radius 1 is 1.35 bits per heavy atom. The molecule has 5 heteroatoms. The van der Waals surface area contributed by atoms with Crippen LogP contribution >= 0.6 is 11.8 Å². The first kappa shape index (κ1) is 12.7. The molecule has 2 heterocycles. The van der Waals surface area contributed by atoms with Crippen LogP contribution in [0, 0.1) is 5.92 Å². The van der Waals surface area contributed by atoms with Crippen LogP contribution in [0.1, 0.15) is 52.3 Å². The van der Waals surface area contributed by atoms with Gasteiger partial charge in [-0.15, -0.1) is 10.2 Å². The van der Waals surface area contributed by atoms with Crippen molar-refractivity contribution in [2.24, 2.45) is 5.92 Å². The van der Waals surface area contributed by atoms with Crippen LogP contribution < -0.4 is 5.43 Å². The summed E-state index contributed by atoms with van der Waals surface area (Å²) >= 11 is 1.81. The highest BCUT2D eigenvalue weighted by Gasteiger charge is 2.26. The molecule has 0 aromatic carbocycles. The van der Waals surface area contributed by atoms with Crippen LogP contribution in [-0.4, -0.2) is 26.7 Å². The Balaban J connectivity index is 2.25. The van der Waals surface area contributed by atoms with E-state index in [-0.39, 0.29) is 0 Å². The van der Waals surface area contributed by atoms with Gasteiger partial charge >= 0.3 is 0 Å². The predicted octanol–water partition coefficient (Wildman–Crippen LogP) is 2.86. The summed E-state index contributed by atoms with van der Waals surface area (Å²) < 4.78 is 2.12. The van der Waals surface area contributed by atoms with Crippen LogP contribution in [0.25, 0.3) is 0 Å². The second kappa shape index (κ2) is 5.29. The van der Waals surface area contributed by atoms with Gasteiger partial charge in [0.25, 0.3) is 0 Å². The molecule has 1 aromatic rings. The number of thioether (sulfide) groups is 1. The van der Waals surface area contributed by atoms with Crippen molar-refractivity contribution in [2.45, 2.75) is 57.7 Å². The van der Waals surface area contributed by atoms with Crippen LogP contribution in [0.4, 0.5) is 0 Å². The van der Waals surface area contributed by atoms with E-state index in [0.29, 0.717) is 17.9 Å². The van der Waals surface area contributed by atoms with Crippen molar-refractivity contribution < 1.29 is 0 Å². The lowest BCUT2D eigenvalue weighted by Crippen LogP contribution is -2.39. The maximum atomic E-state index is 4.36. The monoisotopic (exact) mass is 254 g/mol.